The SMILES string of the molecule is O=P(C1=C(c2ccccc2P(=O)(c2ccccc2)c2ccccc2)C2C=CC1C2)(c1ccccc1)c1ccccc1. The lowest BCUT2D eigenvalue weighted by molar-refractivity contribution is 0.587. The van der Waals surface area contributed by atoms with Gasteiger partial charge in [0.2, 0.25) is 0 Å². The maximum absolute atomic E-state index is 15.7. The van der Waals surface area contributed by atoms with Crippen molar-refractivity contribution >= 4 is 46.4 Å². The minimum Gasteiger partial charge on any atom is -0.309 e. The van der Waals surface area contributed by atoms with Gasteiger partial charge >= 0.3 is 0 Å². The summed E-state index contributed by atoms with van der Waals surface area (Å²) < 4.78 is 31.3. The van der Waals surface area contributed by atoms with Gasteiger partial charge in [-0.05, 0) is 17.6 Å². The van der Waals surface area contributed by atoms with Crippen LogP contribution in [0.15, 0.2) is 163 Å². The molecular weight excluding hydrogens is 538 g/mol. The van der Waals surface area contributed by atoms with Crippen LogP contribution in [0.5, 0.6) is 0 Å². The predicted molar refractivity (Wildman–Crippen MR) is 173 cm³/mol. The first kappa shape index (κ1) is 26.0. The number of benzene rings is 5. The molecule has 0 N–H and O–H groups in total. The van der Waals surface area contributed by atoms with E-state index < -0.39 is 14.3 Å². The van der Waals surface area contributed by atoms with Gasteiger partial charge in [-0.15, -0.1) is 0 Å². The first-order valence-electron chi connectivity index (χ1n) is 14.1. The zero-order valence-corrected chi connectivity index (χ0v) is 24.4. The van der Waals surface area contributed by atoms with E-state index in [2.05, 4.69) is 18.2 Å². The molecule has 0 saturated heterocycles. The molecule has 4 heteroatoms. The van der Waals surface area contributed by atoms with Crippen LogP contribution in [-0.4, -0.2) is 0 Å². The van der Waals surface area contributed by atoms with Crippen molar-refractivity contribution in [1.29, 1.82) is 0 Å². The molecular formula is C37H30O2P2. The van der Waals surface area contributed by atoms with Crippen LogP contribution < -0.4 is 26.5 Å². The van der Waals surface area contributed by atoms with E-state index in [9.17, 15) is 0 Å². The zero-order valence-electron chi connectivity index (χ0n) is 22.6. The molecule has 5 aromatic carbocycles. The van der Waals surface area contributed by atoms with Gasteiger partial charge in [-0.3, -0.25) is 0 Å². The highest BCUT2D eigenvalue weighted by Crippen LogP contribution is 2.65. The van der Waals surface area contributed by atoms with E-state index in [1.807, 2.05) is 140 Å². The van der Waals surface area contributed by atoms with Gasteiger partial charge in [-0.1, -0.05) is 158 Å². The number of fused-ring (bicyclic) bond motifs is 2. The molecule has 2 bridgehead atoms. The first-order chi connectivity index (χ1) is 20.1. The van der Waals surface area contributed by atoms with Crippen molar-refractivity contribution < 1.29 is 9.13 Å². The monoisotopic (exact) mass is 568 g/mol. The van der Waals surface area contributed by atoms with Gasteiger partial charge in [0, 0.05) is 43.7 Å². The van der Waals surface area contributed by atoms with E-state index in [-0.39, 0.29) is 11.8 Å². The molecule has 2 aliphatic carbocycles. The van der Waals surface area contributed by atoms with Crippen molar-refractivity contribution in [3.8, 4) is 0 Å². The zero-order chi connectivity index (χ0) is 27.9. The van der Waals surface area contributed by atoms with Gasteiger partial charge in [0.05, 0.1) is 0 Å². The molecule has 0 fully saturated rings. The topological polar surface area (TPSA) is 34.1 Å². The van der Waals surface area contributed by atoms with Crippen LogP contribution in [-0.2, 0) is 9.13 Å². The lowest BCUT2D eigenvalue weighted by atomic mass is 9.95. The smallest absolute Gasteiger partial charge is 0.171 e. The Labute approximate surface area is 241 Å². The van der Waals surface area contributed by atoms with Crippen LogP contribution >= 0.6 is 14.3 Å². The normalized spacial score (nSPS) is 18.1. The standard InChI is InChI=1S/C37H30O2P2/c38-40(30-15-5-1-6-16-30,31-17-7-2-8-18-31)35-24-14-13-23-34(35)36-28-25-26-29(27-28)37(36)41(39,32-19-9-3-10-20-32)33-21-11-4-12-22-33/h1-26,28-29H,27H2. The second kappa shape index (κ2) is 10.5. The average Bonchev–Trinajstić information content (AvgIpc) is 3.68. The number of hydrogen-bond donors (Lipinski definition) is 0. The van der Waals surface area contributed by atoms with Crippen molar-refractivity contribution in [2.24, 2.45) is 11.8 Å². The highest BCUT2D eigenvalue weighted by Gasteiger charge is 2.47. The average molecular weight is 569 g/mol. The lowest BCUT2D eigenvalue weighted by Gasteiger charge is -2.29. The van der Waals surface area contributed by atoms with Crippen LogP contribution in [0.1, 0.15) is 12.0 Å². The Morgan fingerprint density at radius 1 is 0.439 bits per heavy atom. The molecule has 0 radical (unpaired) electrons. The summed E-state index contributed by atoms with van der Waals surface area (Å²) in [6.45, 7) is 0. The third kappa shape index (κ3) is 4.17. The van der Waals surface area contributed by atoms with Crippen molar-refractivity contribution in [2.75, 3.05) is 0 Å². The van der Waals surface area contributed by atoms with Crippen LogP contribution in [0.25, 0.3) is 5.57 Å². The molecule has 0 aromatic heterocycles. The first-order valence-corrected chi connectivity index (χ1v) is 17.5. The highest BCUT2D eigenvalue weighted by atomic mass is 31.2. The molecule has 2 aliphatic rings. The summed E-state index contributed by atoms with van der Waals surface area (Å²) in [6, 6.07) is 47.6. The Bertz CT molecular complexity index is 1770. The van der Waals surface area contributed by atoms with Gasteiger partial charge in [-0.2, -0.15) is 0 Å². The molecule has 0 heterocycles. The summed E-state index contributed by atoms with van der Waals surface area (Å²) in [5, 5.41) is 5.07. The number of hydrogen-bond acceptors (Lipinski definition) is 2. The molecule has 7 rings (SSSR count). The van der Waals surface area contributed by atoms with Crippen LogP contribution in [0.4, 0.5) is 0 Å². The van der Waals surface area contributed by atoms with Crippen LogP contribution in [0.3, 0.4) is 0 Å². The van der Waals surface area contributed by atoms with Gasteiger partial charge in [-0.25, -0.2) is 0 Å². The number of allylic oxidation sites excluding steroid dienone is 4. The summed E-state index contributed by atoms with van der Waals surface area (Å²) in [7, 11) is -6.47. The molecule has 41 heavy (non-hydrogen) atoms. The Kier molecular flexibility index (Phi) is 6.63. The van der Waals surface area contributed by atoms with E-state index >= 15 is 9.13 Å². The Morgan fingerprint density at radius 2 is 0.829 bits per heavy atom. The minimum absolute atomic E-state index is 0.0714. The fourth-order valence-corrected chi connectivity index (χ4v) is 12.8. The van der Waals surface area contributed by atoms with Gasteiger partial charge in [0.25, 0.3) is 0 Å². The lowest BCUT2D eigenvalue weighted by Crippen LogP contribution is -2.28. The quantitative estimate of drug-likeness (QED) is 0.153. The van der Waals surface area contributed by atoms with E-state index in [1.54, 1.807) is 0 Å². The summed E-state index contributed by atoms with van der Waals surface area (Å²) >= 11 is 0. The molecule has 2 atom stereocenters. The van der Waals surface area contributed by atoms with Crippen LogP contribution in [0.2, 0.25) is 0 Å². The molecule has 2 nitrogen and oxygen atoms in total. The molecule has 0 amide bonds. The maximum Gasteiger partial charge on any atom is 0.171 e. The molecule has 2 unspecified atom stereocenters. The van der Waals surface area contributed by atoms with Crippen molar-refractivity contribution in [2.45, 2.75) is 6.42 Å². The molecule has 0 saturated carbocycles. The molecule has 5 aromatic rings. The summed E-state index contributed by atoms with van der Waals surface area (Å²) in [6.07, 6.45) is 5.39. The second-order valence-electron chi connectivity index (χ2n) is 10.7. The molecule has 0 spiro atoms. The van der Waals surface area contributed by atoms with Crippen molar-refractivity contribution in [1.82, 2.24) is 0 Å². The summed E-state index contributed by atoms with van der Waals surface area (Å²) in [5.74, 6) is 0.194. The number of rotatable bonds is 7. The van der Waals surface area contributed by atoms with Crippen LogP contribution in [0, 0.1) is 11.8 Å². The van der Waals surface area contributed by atoms with E-state index in [0.717, 1.165) is 49.4 Å². The highest BCUT2D eigenvalue weighted by molar-refractivity contribution is 7.85. The predicted octanol–water partition coefficient (Wildman–Crippen LogP) is 7.26. The fourth-order valence-electron chi connectivity index (χ4n) is 6.63. The van der Waals surface area contributed by atoms with E-state index in [4.69, 9.17) is 0 Å². The van der Waals surface area contributed by atoms with Crippen molar-refractivity contribution in [3.63, 3.8) is 0 Å². The van der Waals surface area contributed by atoms with E-state index in [1.165, 1.54) is 0 Å². The summed E-state index contributed by atoms with van der Waals surface area (Å²) in [4.78, 5) is 0. The van der Waals surface area contributed by atoms with Crippen molar-refractivity contribution in [3.05, 3.63) is 169 Å². The fraction of sp³-hybridized carbons (Fsp3) is 0.0811. The Hall–Kier alpha value is -3.96. The second-order valence-corrected chi connectivity index (χ2v) is 16.2. The third-order valence-corrected chi connectivity index (χ3v) is 14.9. The minimum atomic E-state index is -3.26. The largest absolute Gasteiger partial charge is 0.309 e. The summed E-state index contributed by atoms with van der Waals surface area (Å²) in [5.41, 5.74) is 2.03. The van der Waals surface area contributed by atoms with E-state index in [0.29, 0.717) is 0 Å². The molecule has 200 valence electrons. The Balaban J connectivity index is 1.55. The van der Waals surface area contributed by atoms with Gasteiger partial charge < -0.3 is 9.13 Å². The Morgan fingerprint density at radius 3 is 1.32 bits per heavy atom. The molecule has 0 aliphatic heterocycles. The van der Waals surface area contributed by atoms with Gasteiger partial charge in [0.15, 0.2) is 14.3 Å². The van der Waals surface area contributed by atoms with Gasteiger partial charge in [0.1, 0.15) is 0 Å². The maximum atomic E-state index is 15.7. The third-order valence-electron chi connectivity index (χ3n) is 8.43.